The number of nitrogens with zero attached hydrogens (tertiary/aromatic N) is 3. The van der Waals surface area contributed by atoms with E-state index in [0.717, 1.165) is 16.5 Å². The van der Waals surface area contributed by atoms with E-state index in [-0.39, 0.29) is 12.1 Å². The van der Waals surface area contributed by atoms with Crippen LogP contribution in [0.4, 0.5) is 5.69 Å². The molecule has 3 heterocycles. The van der Waals surface area contributed by atoms with E-state index in [1.165, 1.54) is 11.3 Å². The van der Waals surface area contributed by atoms with E-state index in [9.17, 15) is 0 Å². The number of hydrogen-bond donors (Lipinski definition) is 1. The Kier molecular flexibility index (Phi) is 4.01. The van der Waals surface area contributed by atoms with E-state index in [1.807, 2.05) is 18.3 Å². The van der Waals surface area contributed by atoms with Gasteiger partial charge in [0.25, 0.3) is 0 Å². The van der Waals surface area contributed by atoms with Gasteiger partial charge in [0, 0.05) is 30.8 Å². The fourth-order valence-electron chi connectivity index (χ4n) is 3.49. The summed E-state index contributed by atoms with van der Waals surface area (Å²) < 4.78 is 2.15. The lowest BCUT2D eigenvalue weighted by molar-refractivity contribution is 0.541. The molecule has 1 fully saturated rings. The molecule has 0 unspecified atom stereocenters. The van der Waals surface area contributed by atoms with Gasteiger partial charge in [0.2, 0.25) is 0 Å². The van der Waals surface area contributed by atoms with Gasteiger partial charge in [0.1, 0.15) is 6.04 Å². The lowest BCUT2D eigenvalue weighted by atomic mass is 10.0. The van der Waals surface area contributed by atoms with Crippen molar-refractivity contribution in [3.05, 3.63) is 83.9 Å². The molecule has 25 heavy (non-hydrogen) atoms. The molecule has 1 aromatic carbocycles. The van der Waals surface area contributed by atoms with Crippen LogP contribution in [0.2, 0.25) is 0 Å². The highest BCUT2D eigenvalue weighted by molar-refractivity contribution is 7.80. The molecule has 0 saturated carbocycles. The maximum absolute atomic E-state index is 5.71. The lowest BCUT2D eigenvalue weighted by Gasteiger charge is -2.28. The van der Waals surface area contributed by atoms with Crippen LogP contribution >= 0.6 is 12.2 Å². The van der Waals surface area contributed by atoms with Crippen LogP contribution in [0.15, 0.2) is 67.0 Å². The zero-order valence-corrected chi connectivity index (χ0v) is 15.1. The van der Waals surface area contributed by atoms with Crippen LogP contribution in [-0.4, -0.2) is 14.7 Å². The maximum Gasteiger partial charge on any atom is 0.174 e. The van der Waals surface area contributed by atoms with Crippen molar-refractivity contribution in [1.29, 1.82) is 0 Å². The highest BCUT2D eigenvalue weighted by Gasteiger charge is 2.41. The first-order chi connectivity index (χ1) is 12.1. The Morgan fingerprint density at radius 3 is 2.64 bits per heavy atom. The van der Waals surface area contributed by atoms with Gasteiger partial charge in [-0.15, -0.1) is 0 Å². The topological polar surface area (TPSA) is 33.1 Å². The summed E-state index contributed by atoms with van der Waals surface area (Å²) >= 11 is 5.71. The average Bonchev–Trinajstić information content (AvgIpc) is 3.18. The van der Waals surface area contributed by atoms with E-state index in [4.69, 9.17) is 12.2 Å². The fourth-order valence-corrected chi connectivity index (χ4v) is 3.84. The van der Waals surface area contributed by atoms with Crippen LogP contribution in [0, 0.1) is 6.92 Å². The second-order valence-corrected chi connectivity index (χ2v) is 6.77. The molecule has 4 rings (SSSR count). The van der Waals surface area contributed by atoms with E-state index < -0.39 is 0 Å². The first-order valence-corrected chi connectivity index (χ1v) is 8.74. The molecule has 5 heteroatoms. The van der Waals surface area contributed by atoms with Gasteiger partial charge in [-0.05, 0) is 61.1 Å². The Bertz CT molecular complexity index is 903. The normalized spacial score (nSPS) is 19.9. The molecule has 0 amide bonds. The van der Waals surface area contributed by atoms with Crippen molar-refractivity contribution in [2.24, 2.45) is 7.05 Å². The minimum Gasteiger partial charge on any atom is -0.353 e. The lowest BCUT2D eigenvalue weighted by Crippen LogP contribution is -2.30. The molecular weight excluding hydrogens is 328 g/mol. The van der Waals surface area contributed by atoms with Crippen LogP contribution in [0.3, 0.4) is 0 Å². The molecule has 0 radical (unpaired) electrons. The Morgan fingerprint density at radius 1 is 1.08 bits per heavy atom. The molecular formula is C20H20N4S. The minimum atomic E-state index is 0.00260. The number of pyridine rings is 1. The molecule has 1 N–H and O–H groups in total. The third-order valence-corrected chi connectivity index (χ3v) is 4.98. The van der Waals surface area contributed by atoms with Gasteiger partial charge in [-0.3, -0.25) is 4.98 Å². The summed E-state index contributed by atoms with van der Waals surface area (Å²) in [5, 5.41) is 4.21. The van der Waals surface area contributed by atoms with Crippen molar-refractivity contribution in [2.45, 2.75) is 19.0 Å². The van der Waals surface area contributed by atoms with Crippen molar-refractivity contribution in [3.63, 3.8) is 0 Å². The van der Waals surface area contributed by atoms with Gasteiger partial charge in [0.15, 0.2) is 5.11 Å². The summed E-state index contributed by atoms with van der Waals surface area (Å²) in [7, 11) is 2.07. The molecule has 1 aliphatic rings. The highest BCUT2D eigenvalue weighted by Crippen LogP contribution is 2.41. The monoisotopic (exact) mass is 348 g/mol. The molecule has 0 spiro atoms. The van der Waals surface area contributed by atoms with Crippen molar-refractivity contribution < 1.29 is 0 Å². The molecule has 2 atom stereocenters. The molecule has 0 aliphatic carbocycles. The Labute approximate surface area is 153 Å². The number of anilines is 1. The van der Waals surface area contributed by atoms with Crippen LogP contribution in [0.1, 0.15) is 29.0 Å². The van der Waals surface area contributed by atoms with Crippen molar-refractivity contribution in [1.82, 2.24) is 14.9 Å². The van der Waals surface area contributed by atoms with Crippen molar-refractivity contribution in [3.8, 4) is 0 Å². The number of aromatic nitrogens is 2. The van der Waals surface area contributed by atoms with Crippen LogP contribution in [0.25, 0.3) is 0 Å². The quantitative estimate of drug-likeness (QED) is 0.728. The summed E-state index contributed by atoms with van der Waals surface area (Å²) in [6, 6.07) is 18.7. The second kappa shape index (κ2) is 6.33. The molecule has 1 saturated heterocycles. The van der Waals surface area contributed by atoms with Crippen molar-refractivity contribution >= 4 is 23.0 Å². The van der Waals surface area contributed by atoms with E-state index in [1.54, 1.807) is 0 Å². The third-order valence-electron chi connectivity index (χ3n) is 4.66. The first-order valence-electron chi connectivity index (χ1n) is 8.34. The average molecular weight is 348 g/mol. The Hall–Kier alpha value is -2.66. The largest absolute Gasteiger partial charge is 0.353 e. The number of rotatable bonds is 3. The van der Waals surface area contributed by atoms with Gasteiger partial charge in [0.05, 0.1) is 11.7 Å². The zero-order chi connectivity index (χ0) is 17.4. The van der Waals surface area contributed by atoms with Crippen molar-refractivity contribution in [2.75, 3.05) is 4.90 Å². The second-order valence-electron chi connectivity index (χ2n) is 6.38. The highest BCUT2D eigenvalue weighted by atomic mass is 32.1. The molecule has 126 valence electrons. The minimum absolute atomic E-state index is 0.00260. The summed E-state index contributed by atoms with van der Waals surface area (Å²) in [4.78, 5) is 6.78. The number of thiocarbonyl (C=S) groups is 1. The fraction of sp³-hybridized carbons (Fsp3) is 0.200. The first kappa shape index (κ1) is 15.8. The summed E-state index contributed by atoms with van der Waals surface area (Å²) in [5.41, 5.74) is 4.50. The van der Waals surface area contributed by atoms with Crippen LogP contribution in [0.5, 0.6) is 0 Å². The number of hydrogen-bond acceptors (Lipinski definition) is 2. The van der Waals surface area contributed by atoms with Gasteiger partial charge < -0.3 is 14.8 Å². The maximum atomic E-state index is 5.71. The molecule has 0 bridgehead atoms. The Balaban J connectivity index is 1.85. The van der Waals surface area contributed by atoms with E-state index in [2.05, 4.69) is 82.4 Å². The van der Waals surface area contributed by atoms with E-state index in [0.29, 0.717) is 0 Å². The number of benzene rings is 1. The van der Waals surface area contributed by atoms with Gasteiger partial charge in [-0.25, -0.2) is 0 Å². The zero-order valence-electron chi connectivity index (χ0n) is 14.3. The molecule has 3 aromatic rings. The predicted molar refractivity (Wildman–Crippen MR) is 105 cm³/mol. The van der Waals surface area contributed by atoms with Crippen LogP contribution < -0.4 is 10.2 Å². The number of aryl methyl sites for hydroxylation is 2. The third kappa shape index (κ3) is 2.81. The summed E-state index contributed by atoms with van der Waals surface area (Å²) in [6.45, 7) is 2.10. The Morgan fingerprint density at radius 2 is 1.96 bits per heavy atom. The molecule has 1 aliphatic heterocycles. The SMILES string of the molecule is Cc1cccc(N2C(=S)N[C@@H](c3ccccn3)[C@@H]2c2cccn2C)c1. The van der Waals surface area contributed by atoms with Gasteiger partial charge in [-0.2, -0.15) is 0 Å². The standard InChI is InChI=1S/C20H20N4S/c1-14-7-5-8-15(13-14)24-19(17-10-6-12-23(17)2)18(22-20(24)25)16-9-3-4-11-21-16/h3-13,18-19H,1-2H3,(H,22,25)/t18-,19-/m0/s1. The van der Waals surface area contributed by atoms with Gasteiger partial charge in [-0.1, -0.05) is 18.2 Å². The summed E-state index contributed by atoms with van der Waals surface area (Å²) in [5.74, 6) is 0. The molecule has 4 nitrogen and oxygen atoms in total. The van der Waals surface area contributed by atoms with E-state index >= 15 is 0 Å². The summed E-state index contributed by atoms with van der Waals surface area (Å²) in [6.07, 6.45) is 3.90. The predicted octanol–water partition coefficient (Wildman–Crippen LogP) is 3.91. The molecule has 2 aromatic heterocycles. The van der Waals surface area contributed by atoms with Crippen LogP contribution in [-0.2, 0) is 7.05 Å². The smallest absolute Gasteiger partial charge is 0.174 e. The number of nitrogens with one attached hydrogen (secondary N) is 1. The van der Waals surface area contributed by atoms with Gasteiger partial charge >= 0.3 is 0 Å².